The normalized spacial score (nSPS) is 11.4. The number of benzene rings is 4. The monoisotopic (exact) mass is 481 g/mol. The van der Waals surface area contributed by atoms with Crippen LogP contribution in [-0.2, 0) is 4.79 Å². The molecule has 0 saturated carbocycles. The number of thioether (sulfide) groups is 1. The third-order valence-corrected chi connectivity index (χ3v) is 6.49. The van der Waals surface area contributed by atoms with Gasteiger partial charge in [-0.1, -0.05) is 54.6 Å². The number of hydrogen-bond acceptors (Lipinski definition) is 3. The lowest BCUT2D eigenvalue weighted by Gasteiger charge is -2.18. The fourth-order valence-corrected chi connectivity index (χ4v) is 4.75. The van der Waals surface area contributed by atoms with Crippen molar-refractivity contribution in [3.8, 4) is 0 Å². The number of amides is 3. The highest BCUT2D eigenvalue weighted by atomic mass is 32.2. The lowest BCUT2D eigenvalue weighted by molar-refractivity contribution is -0.115. The lowest BCUT2D eigenvalue weighted by atomic mass is 10.1. The van der Waals surface area contributed by atoms with Gasteiger partial charge in [-0.25, -0.2) is 4.79 Å². The topological polar surface area (TPSA) is 70.2 Å². The van der Waals surface area contributed by atoms with Gasteiger partial charge in [-0.3, -0.25) is 4.79 Å². The van der Waals surface area contributed by atoms with Gasteiger partial charge in [0, 0.05) is 22.0 Å². The first kappa shape index (κ1) is 24.1. The molecule has 0 spiro atoms. The summed E-state index contributed by atoms with van der Waals surface area (Å²) in [5.41, 5.74) is 5.30. The van der Waals surface area contributed by atoms with E-state index >= 15 is 0 Å². The summed E-state index contributed by atoms with van der Waals surface area (Å²) >= 11 is 1.47. The Labute approximate surface area is 210 Å². The summed E-state index contributed by atoms with van der Waals surface area (Å²) < 4.78 is 0. The molecule has 4 rings (SSSR count). The molecule has 0 bridgehead atoms. The van der Waals surface area contributed by atoms with Crippen molar-refractivity contribution in [2.24, 2.45) is 0 Å². The molecular formula is C29H27N3O2S. The quantitative estimate of drug-likeness (QED) is 0.241. The first-order valence-electron chi connectivity index (χ1n) is 11.3. The van der Waals surface area contributed by atoms with Crippen LogP contribution < -0.4 is 16.0 Å². The molecule has 1 unspecified atom stereocenters. The molecule has 4 aromatic carbocycles. The number of nitrogens with one attached hydrogen (secondary N) is 3. The van der Waals surface area contributed by atoms with Crippen molar-refractivity contribution in [1.29, 1.82) is 0 Å². The first-order chi connectivity index (χ1) is 17.0. The van der Waals surface area contributed by atoms with Crippen LogP contribution in [-0.4, -0.2) is 11.9 Å². The van der Waals surface area contributed by atoms with Crippen LogP contribution in [0.15, 0.2) is 108 Å². The van der Waals surface area contributed by atoms with E-state index in [1.165, 1.54) is 11.8 Å². The number of aryl methyl sites for hydroxylation is 2. The number of urea groups is 1. The van der Waals surface area contributed by atoms with Crippen molar-refractivity contribution in [3.05, 3.63) is 120 Å². The van der Waals surface area contributed by atoms with Gasteiger partial charge in [0.05, 0.1) is 0 Å². The predicted molar refractivity (Wildman–Crippen MR) is 145 cm³/mol. The van der Waals surface area contributed by atoms with Crippen molar-refractivity contribution in [2.45, 2.75) is 24.0 Å². The zero-order chi connectivity index (χ0) is 24.6. The summed E-state index contributed by atoms with van der Waals surface area (Å²) in [4.78, 5) is 26.5. The Morgan fingerprint density at radius 3 is 1.77 bits per heavy atom. The van der Waals surface area contributed by atoms with Crippen molar-refractivity contribution in [3.63, 3.8) is 0 Å². The molecule has 0 aromatic heterocycles. The van der Waals surface area contributed by atoms with Crippen LogP contribution in [0.5, 0.6) is 0 Å². The predicted octanol–water partition coefficient (Wildman–Crippen LogP) is 7.42. The molecule has 0 heterocycles. The molecule has 0 fully saturated rings. The minimum Gasteiger partial charge on any atom is -0.325 e. The molecule has 176 valence electrons. The highest BCUT2D eigenvalue weighted by molar-refractivity contribution is 8.00. The van der Waals surface area contributed by atoms with Crippen molar-refractivity contribution in [2.75, 3.05) is 16.0 Å². The highest BCUT2D eigenvalue weighted by Crippen LogP contribution is 2.37. The number of carbonyl (C=O) groups excluding carboxylic acids is 2. The molecule has 1 atom stereocenters. The molecule has 3 amide bonds. The molecule has 35 heavy (non-hydrogen) atoms. The maximum Gasteiger partial charge on any atom is 0.323 e. The van der Waals surface area contributed by atoms with E-state index in [1.54, 1.807) is 0 Å². The third-order valence-electron chi connectivity index (χ3n) is 5.23. The Balaban J connectivity index is 1.46. The zero-order valence-corrected chi connectivity index (χ0v) is 20.4. The number of para-hydroxylation sites is 1. The van der Waals surface area contributed by atoms with Crippen LogP contribution in [0.1, 0.15) is 21.9 Å². The van der Waals surface area contributed by atoms with Gasteiger partial charge in [-0.15, -0.1) is 11.8 Å². The lowest BCUT2D eigenvalue weighted by Crippen LogP contribution is -2.19. The van der Waals surface area contributed by atoms with Crippen molar-refractivity contribution >= 4 is 40.8 Å². The van der Waals surface area contributed by atoms with Crippen LogP contribution in [0.2, 0.25) is 0 Å². The van der Waals surface area contributed by atoms with Gasteiger partial charge in [-0.05, 0) is 79.1 Å². The van der Waals surface area contributed by atoms with Crippen LogP contribution in [0.3, 0.4) is 0 Å². The Hall–Kier alpha value is -4.03. The minimum absolute atomic E-state index is 0.0874. The molecular weight excluding hydrogens is 454 g/mol. The fraction of sp³-hybridized carbons (Fsp3) is 0.103. The smallest absolute Gasteiger partial charge is 0.323 e. The third kappa shape index (κ3) is 6.98. The first-order valence-corrected chi connectivity index (χ1v) is 12.2. The van der Waals surface area contributed by atoms with E-state index < -0.39 is 5.25 Å². The Morgan fingerprint density at radius 1 is 0.629 bits per heavy atom. The molecule has 0 aliphatic rings. The second-order valence-corrected chi connectivity index (χ2v) is 9.42. The summed E-state index contributed by atoms with van der Waals surface area (Å²) in [7, 11) is 0. The highest BCUT2D eigenvalue weighted by Gasteiger charge is 2.22. The zero-order valence-electron chi connectivity index (χ0n) is 19.6. The second kappa shape index (κ2) is 11.4. The summed E-state index contributed by atoms with van der Waals surface area (Å²) in [6.07, 6.45) is 0. The molecule has 0 aliphatic carbocycles. The minimum atomic E-state index is -0.433. The SMILES string of the molecule is Cc1cc(C)cc(NC(=O)C(Sc2ccc(NC(=O)Nc3ccccc3)cc2)c2ccccc2)c1. The van der Waals surface area contributed by atoms with Gasteiger partial charge < -0.3 is 16.0 Å². The van der Waals surface area contributed by atoms with Gasteiger partial charge in [0.25, 0.3) is 0 Å². The number of carbonyl (C=O) groups is 2. The molecule has 5 nitrogen and oxygen atoms in total. The van der Waals surface area contributed by atoms with Crippen LogP contribution in [0.4, 0.5) is 21.9 Å². The maximum atomic E-state index is 13.3. The molecule has 0 radical (unpaired) electrons. The molecule has 4 aromatic rings. The standard InChI is InChI=1S/C29H27N3O2S/c1-20-17-21(2)19-25(18-20)30-28(33)27(22-9-5-3-6-10-22)35-26-15-13-24(14-16-26)32-29(34)31-23-11-7-4-8-12-23/h3-19,27H,1-2H3,(H,30,33)(H2,31,32,34). The second-order valence-electron chi connectivity index (χ2n) is 8.24. The van der Waals surface area contributed by atoms with E-state index in [-0.39, 0.29) is 11.9 Å². The Morgan fingerprint density at radius 2 is 1.17 bits per heavy atom. The van der Waals surface area contributed by atoms with Gasteiger partial charge in [0.2, 0.25) is 5.91 Å². The van der Waals surface area contributed by atoms with E-state index in [0.29, 0.717) is 5.69 Å². The summed E-state index contributed by atoms with van der Waals surface area (Å²) in [5, 5.41) is 8.27. The van der Waals surface area contributed by atoms with Gasteiger partial charge in [0.1, 0.15) is 5.25 Å². The van der Waals surface area contributed by atoms with Crippen LogP contribution in [0, 0.1) is 13.8 Å². The van der Waals surface area contributed by atoms with E-state index in [0.717, 1.165) is 33.0 Å². The van der Waals surface area contributed by atoms with Crippen LogP contribution in [0.25, 0.3) is 0 Å². The average molecular weight is 482 g/mol. The summed E-state index contributed by atoms with van der Waals surface area (Å²) in [6, 6.07) is 32.2. The van der Waals surface area contributed by atoms with Gasteiger partial charge in [-0.2, -0.15) is 0 Å². The number of hydrogen-bond donors (Lipinski definition) is 3. The molecule has 3 N–H and O–H groups in total. The number of rotatable bonds is 7. The molecule has 0 aliphatic heterocycles. The molecule has 6 heteroatoms. The molecule has 0 saturated heterocycles. The summed E-state index contributed by atoms with van der Waals surface area (Å²) in [6.45, 7) is 4.03. The number of anilines is 3. The van der Waals surface area contributed by atoms with Crippen LogP contribution >= 0.6 is 11.8 Å². The van der Waals surface area contributed by atoms with Crippen molar-refractivity contribution in [1.82, 2.24) is 0 Å². The van der Waals surface area contributed by atoms with E-state index in [2.05, 4.69) is 22.0 Å². The van der Waals surface area contributed by atoms with Crippen molar-refractivity contribution < 1.29 is 9.59 Å². The maximum absolute atomic E-state index is 13.3. The Kier molecular flexibility index (Phi) is 7.85. The van der Waals surface area contributed by atoms with E-state index in [9.17, 15) is 9.59 Å². The Bertz CT molecular complexity index is 1270. The van der Waals surface area contributed by atoms with Gasteiger partial charge in [0.15, 0.2) is 0 Å². The summed E-state index contributed by atoms with van der Waals surface area (Å²) in [5.74, 6) is -0.0874. The van der Waals surface area contributed by atoms with E-state index in [1.807, 2.05) is 111 Å². The fourth-order valence-electron chi connectivity index (χ4n) is 3.72. The average Bonchev–Trinajstić information content (AvgIpc) is 2.84. The van der Waals surface area contributed by atoms with E-state index in [4.69, 9.17) is 0 Å². The largest absolute Gasteiger partial charge is 0.325 e. The van der Waals surface area contributed by atoms with Gasteiger partial charge >= 0.3 is 6.03 Å².